The Balaban J connectivity index is 0.00000341. The largest absolute Gasteiger partial charge is 0.497 e. The second kappa shape index (κ2) is 12.9. The lowest BCUT2D eigenvalue weighted by atomic mass is 10.2. The third-order valence-corrected chi connectivity index (χ3v) is 6.26. The van der Waals surface area contributed by atoms with Crippen molar-refractivity contribution in [3.8, 4) is 11.5 Å². The lowest BCUT2D eigenvalue weighted by Gasteiger charge is -2.21. The fourth-order valence-electron chi connectivity index (χ4n) is 3.60. The first-order chi connectivity index (χ1) is 14.6. The highest BCUT2D eigenvalue weighted by atomic mass is 127. The SMILES string of the molecule is CN=C(NCCCCc1nc(C)cs1)NC1CCN(c2cc(OC)cc(OC)c2)C1.I. The number of unbranched alkanes of at least 4 members (excludes halogenated alkanes) is 1. The molecule has 0 radical (unpaired) electrons. The zero-order valence-corrected chi connectivity index (χ0v) is 22.0. The van der Waals surface area contributed by atoms with Crippen molar-refractivity contribution in [1.29, 1.82) is 0 Å². The second-order valence-corrected chi connectivity index (χ2v) is 8.43. The molecule has 7 nitrogen and oxygen atoms in total. The van der Waals surface area contributed by atoms with Crippen molar-refractivity contribution in [1.82, 2.24) is 15.6 Å². The number of aryl methyl sites for hydroxylation is 2. The Kier molecular flexibility index (Phi) is 10.7. The molecule has 9 heteroatoms. The number of nitrogens with zero attached hydrogens (tertiary/aromatic N) is 3. The van der Waals surface area contributed by atoms with Crippen LogP contribution in [0.3, 0.4) is 0 Å². The van der Waals surface area contributed by atoms with E-state index in [1.54, 1.807) is 25.6 Å². The number of benzene rings is 1. The number of anilines is 1. The van der Waals surface area contributed by atoms with Crippen LogP contribution in [-0.2, 0) is 6.42 Å². The Hall–Kier alpha value is -1.75. The summed E-state index contributed by atoms with van der Waals surface area (Å²) in [6, 6.07) is 6.37. The molecule has 2 aromatic rings. The molecule has 1 unspecified atom stereocenters. The molecule has 0 spiro atoms. The van der Waals surface area contributed by atoms with E-state index >= 15 is 0 Å². The van der Waals surface area contributed by atoms with Crippen LogP contribution in [0.4, 0.5) is 5.69 Å². The number of aromatic nitrogens is 1. The minimum absolute atomic E-state index is 0. The molecule has 172 valence electrons. The summed E-state index contributed by atoms with van der Waals surface area (Å²) in [6.45, 7) is 4.86. The standard InChI is InChI=1S/C22H33N5O2S.HI/c1-16-15-30-21(25-16)7-5-6-9-24-22(23-2)26-17-8-10-27(14-17)18-11-19(28-3)13-20(12-18)29-4;/h11-13,15,17H,5-10,14H2,1-4H3,(H2,23,24,26);1H. The molecule has 1 aliphatic heterocycles. The van der Waals surface area contributed by atoms with Gasteiger partial charge in [-0.05, 0) is 32.6 Å². The molecule has 0 aliphatic carbocycles. The van der Waals surface area contributed by atoms with Crippen LogP contribution in [0.15, 0.2) is 28.6 Å². The topological polar surface area (TPSA) is 71.0 Å². The van der Waals surface area contributed by atoms with Crippen LogP contribution in [0.5, 0.6) is 11.5 Å². The molecule has 1 aromatic carbocycles. The zero-order chi connectivity index (χ0) is 21.3. The third kappa shape index (κ3) is 7.71. The van der Waals surface area contributed by atoms with Gasteiger partial charge in [0.25, 0.3) is 0 Å². The summed E-state index contributed by atoms with van der Waals surface area (Å²) in [5.74, 6) is 2.49. The molecule has 0 amide bonds. The molecule has 0 saturated carbocycles. The van der Waals surface area contributed by atoms with Gasteiger partial charge in [0.2, 0.25) is 0 Å². The van der Waals surface area contributed by atoms with Gasteiger partial charge in [0, 0.05) is 67.7 Å². The summed E-state index contributed by atoms with van der Waals surface area (Å²) in [7, 11) is 5.19. The number of rotatable bonds is 9. The van der Waals surface area contributed by atoms with Crippen molar-refractivity contribution in [3.05, 3.63) is 34.3 Å². The van der Waals surface area contributed by atoms with E-state index in [4.69, 9.17) is 9.47 Å². The quantitative estimate of drug-likeness (QED) is 0.211. The molecule has 1 aromatic heterocycles. The van der Waals surface area contributed by atoms with E-state index in [1.165, 1.54) is 5.01 Å². The average Bonchev–Trinajstić information content (AvgIpc) is 3.41. The van der Waals surface area contributed by atoms with E-state index < -0.39 is 0 Å². The van der Waals surface area contributed by atoms with Crippen molar-refractivity contribution in [2.75, 3.05) is 45.8 Å². The maximum atomic E-state index is 5.40. The Labute approximate surface area is 206 Å². The van der Waals surface area contributed by atoms with Gasteiger partial charge in [0.05, 0.1) is 19.2 Å². The van der Waals surface area contributed by atoms with Crippen LogP contribution >= 0.6 is 35.3 Å². The van der Waals surface area contributed by atoms with Gasteiger partial charge in [-0.25, -0.2) is 4.98 Å². The number of hydrogen-bond donors (Lipinski definition) is 2. The Morgan fingerprint density at radius 3 is 2.58 bits per heavy atom. The first-order valence-electron chi connectivity index (χ1n) is 10.5. The van der Waals surface area contributed by atoms with Crippen LogP contribution < -0.4 is 25.0 Å². The first kappa shape index (κ1) is 25.5. The fourth-order valence-corrected chi connectivity index (χ4v) is 4.42. The van der Waals surface area contributed by atoms with Crippen molar-refractivity contribution < 1.29 is 9.47 Å². The van der Waals surface area contributed by atoms with E-state index in [9.17, 15) is 0 Å². The van der Waals surface area contributed by atoms with E-state index in [-0.39, 0.29) is 24.0 Å². The van der Waals surface area contributed by atoms with Crippen LogP contribution in [-0.4, -0.2) is 57.9 Å². The fraction of sp³-hybridized carbons (Fsp3) is 0.545. The summed E-state index contributed by atoms with van der Waals surface area (Å²) >= 11 is 1.75. The summed E-state index contributed by atoms with van der Waals surface area (Å²) in [5, 5.41) is 10.3. The predicted molar refractivity (Wildman–Crippen MR) is 140 cm³/mol. The maximum Gasteiger partial charge on any atom is 0.191 e. The molecule has 3 rings (SSSR count). The van der Waals surface area contributed by atoms with Crippen molar-refractivity contribution in [2.24, 2.45) is 4.99 Å². The molecule has 1 aliphatic rings. The minimum Gasteiger partial charge on any atom is -0.497 e. The van der Waals surface area contributed by atoms with E-state index in [0.717, 1.165) is 74.2 Å². The molecule has 2 N–H and O–H groups in total. The summed E-state index contributed by atoms with van der Waals surface area (Å²) in [5.41, 5.74) is 2.24. The number of ether oxygens (including phenoxy) is 2. The zero-order valence-electron chi connectivity index (χ0n) is 18.8. The molecule has 1 saturated heterocycles. The molecule has 2 heterocycles. The van der Waals surface area contributed by atoms with Gasteiger partial charge in [0.1, 0.15) is 11.5 Å². The molecule has 1 fully saturated rings. The van der Waals surface area contributed by atoms with E-state index in [0.29, 0.717) is 6.04 Å². The number of thiazole rings is 1. The number of aliphatic imine (C=N–C) groups is 1. The minimum atomic E-state index is 0. The second-order valence-electron chi connectivity index (χ2n) is 7.49. The monoisotopic (exact) mass is 559 g/mol. The molecule has 31 heavy (non-hydrogen) atoms. The van der Waals surface area contributed by atoms with Gasteiger partial charge in [-0.2, -0.15) is 0 Å². The number of guanidine groups is 1. The van der Waals surface area contributed by atoms with Crippen LogP contribution in [0.25, 0.3) is 0 Å². The van der Waals surface area contributed by atoms with E-state index in [2.05, 4.69) is 43.0 Å². The highest BCUT2D eigenvalue weighted by molar-refractivity contribution is 14.0. The van der Waals surface area contributed by atoms with Gasteiger partial charge >= 0.3 is 0 Å². The normalized spacial score (nSPS) is 16.1. The highest BCUT2D eigenvalue weighted by Crippen LogP contribution is 2.30. The Bertz CT molecular complexity index is 823. The lowest BCUT2D eigenvalue weighted by Crippen LogP contribution is -2.44. The van der Waals surface area contributed by atoms with Crippen LogP contribution in [0.1, 0.15) is 30.0 Å². The number of halogens is 1. The third-order valence-electron chi connectivity index (χ3n) is 5.23. The predicted octanol–water partition coefficient (Wildman–Crippen LogP) is 3.85. The Morgan fingerprint density at radius 2 is 1.97 bits per heavy atom. The van der Waals surface area contributed by atoms with Crippen molar-refractivity contribution in [3.63, 3.8) is 0 Å². The smallest absolute Gasteiger partial charge is 0.191 e. The summed E-state index contributed by atoms with van der Waals surface area (Å²) < 4.78 is 10.8. The maximum absolute atomic E-state index is 5.40. The molecular formula is C22H34IN5O2S. The lowest BCUT2D eigenvalue weighted by molar-refractivity contribution is 0.394. The summed E-state index contributed by atoms with van der Waals surface area (Å²) in [4.78, 5) is 11.3. The van der Waals surface area contributed by atoms with Gasteiger partial charge < -0.3 is 25.0 Å². The number of nitrogens with one attached hydrogen (secondary N) is 2. The van der Waals surface area contributed by atoms with Crippen LogP contribution in [0.2, 0.25) is 0 Å². The van der Waals surface area contributed by atoms with Crippen LogP contribution in [0, 0.1) is 6.92 Å². The number of methoxy groups -OCH3 is 2. The summed E-state index contributed by atoms with van der Waals surface area (Å²) in [6.07, 6.45) is 4.34. The average molecular weight is 560 g/mol. The Morgan fingerprint density at radius 1 is 1.23 bits per heavy atom. The van der Waals surface area contributed by atoms with Crippen molar-refractivity contribution >= 4 is 47.0 Å². The number of hydrogen-bond acceptors (Lipinski definition) is 6. The van der Waals surface area contributed by atoms with Gasteiger partial charge in [-0.3, -0.25) is 4.99 Å². The van der Waals surface area contributed by atoms with Gasteiger partial charge in [-0.15, -0.1) is 35.3 Å². The molecular weight excluding hydrogens is 525 g/mol. The van der Waals surface area contributed by atoms with Crippen molar-refractivity contribution in [2.45, 2.75) is 38.6 Å². The van der Waals surface area contributed by atoms with E-state index in [1.807, 2.05) is 20.0 Å². The first-order valence-corrected chi connectivity index (χ1v) is 11.4. The highest BCUT2D eigenvalue weighted by Gasteiger charge is 2.24. The molecule has 0 bridgehead atoms. The van der Waals surface area contributed by atoms with Gasteiger partial charge in [0.15, 0.2) is 5.96 Å². The van der Waals surface area contributed by atoms with Gasteiger partial charge in [-0.1, -0.05) is 0 Å². The molecule has 1 atom stereocenters.